The van der Waals surface area contributed by atoms with Crippen LogP contribution < -0.4 is 0 Å². The molecule has 0 saturated heterocycles. The van der Waals surface area contributed by atoms with Crippen molar-refractivity contribution in [2.24, 2.45) is 0 Å². The van der Waals surface area contributed by atoms with Crippen LogP contribution in [0, 0.1) is 6.92 Å². The van der Waals surface area contributed by atoms with Gasteiger partial charge in [0.05, 0.1) is 0 Å². The lowest BCUT2D eigenvalue weighted by molar-refractivity contribution is 0.462. The molecule has 0 heterocycles. The third-order valence-electron chi connectivity index (χ3n) is 1.48. The van der Waals surface area contributed by atoms with Crippen molar-refractivity contribution in [3.63, 3.8) is 0 Å². The van der Waals surface area contributed by atoms with Crippen molar-refractivity contribution in [3.05, 3.63) is 23.8 Å². The Morgan fingerprint density at radius 3 is 2.58 bits per heavy atom. The monoisotopic (exact) mass is 182 g/mol. The summed E-state index contributed by atoms with van der Waals surface area (Å²) >= 11 is 1.69. The van der Waals surface area contributed by atoms with Crippen LogP contribution in [0.1, 0.15) is 19.4 Å². The number of aromatic hydroxyl groups is 1. The first kappa shape index (κ1) is 9.46. The van der Waals surface area contributed by atoms with Gasteiger partial charge in [-0.3, -0.25) is 0 Å². The van der Waals surface area contributed by atoms with Crippen LogP contribution in [-0.4, -0.2) is 10.4 Å². The number of phenolic OH excluding ortho intramolecular Hbond substituents is 1. The van der Waals surface area contributed by atoms with Gasteiger partial charge < -0.3 is 5.11 Å². The predicted octanol–water partition coefficient (Wildman–Crippen LogP) is 3.20. The van der Waals surface area contributed by atoms with Gasteiger partial charge in [-0.2, -0.15) is 0 Å². The van der Waals surface area contributed by atoms with Gasteiger partial charge in [-0.05, 0) is 24.6 Å². The number of hydrogen-bond acceptors (Lipinski definition) is 2. The normalized spacial score (nSPS) is 10.7. The minimum atomic E-state index is 0.388. The lowest BCUT2D eigenvalue weighted by atomic mass is 10.2. The van der Waals surface area contributed by atoms with Crippen LogP contribution in [0.15, 0.2) is 23.1 Å². The fourth-order valence-corrected chi connectivity index (χ4v) is 1.92. The van der Waals surface area contributed by atoms with E-state index in [1.54, 1.807) is 17.8 Å². The summed E-state index contributed by atoms with van der Waals surface area (Å²) in [7, 11) is 0. The molecule has 0 aliphatic carbocycles. The summed E-state index contributed by atoms with van der Waals surface area (Å²) in [5, 5.41) is 9.97. The van der Waals surface area contributed by atoms with Crippen molar-refractivity contribution in [1.82, 2.24) is 0 Å². The third kappa shape index (κ3) is 2.45. The van der Waals surface area contributed by atoms with Gasteiger partial charge in [0.15, 0.2) is 0 Å². The maximum atomic E-state index is 9.46. The topological polar surface area (TPSA) is 20.2 Å². The Balaban J connectivity index is 2.90. The Morgan fingerprint density at radius 2 is 2.00 bits per heavy atom. The van der Waals surface area contributed by atoms with Gasteiger partial charge in [0, 0.05) is 10.1 Å². The molecule has 1 aromatic carbocycles. The second-order valence-corrected chi connectivity index (χ2v) is 4.76. The highest BCUT2D eigenvalue weighted by molar-refractivity contribution is 8.00. The molecule has 1 N–H and O–H groups in total. The number of benzene rings is 1. The van der Waals surface area contributed by atoms with Gasteiger partial charge in [0.1, 0.15) is 5.75 Å². The van der Waals surface area contributed by atoms with Gasteiger partial charge in [-0.1, -0.05) is 19.9 Å². The maximum Gasteiger partial charge on any atom is 0.129 e. The van der Waals surface area contributed by atoms with Crippen LogP contribution in [0.3, 0.4) is 0 Å². The van der Waals surface area contributed by atoms with Gasteiger partial charge in [0.2, 0.25) is 0 Å². The molecule has 66 valence electrons. The summed E-state index contributed by atoms with van der Waals surface area (Å²) in [4.78, 5) is 0.977. The zero-order valence-corrected chi connectivity index (χ0v) is 8.48. The van der Waals surface area contributed by atoms with E-state index in [9.17, 15) is 5.11 Å². The number of thioether (sulfide) groups is 1. The Hall–Kier alpha value is -0.630. The Labute approximate surface area is 77.8 Å². The van der Waals surface area contributed by atoms with Crippen LogP contribution in [0.5, 0.6) is 5.75 Å². The summed E-state index contributed by atoms with van der Waals surface area (Å²) in [6.45, 7) is 6.27. The quantitative estimate of drug-likeness (QED) is 0.709. The molecule has 2 heteroatoms. The Bertz CT molecular complexity index is 269. The van der Waals surface area contributed by atoms with Gasteiger partial charge in [-0.25, -0.2) is 0 Å². The van der Waals surface area contributed by atoms with Crippen molar-refractivity contribution >= 4 is 11.8 Å². The first-order valence-electron chi connectivity index (χ1n) is 4.06. The van der Waals surface area contributed by atoms with Gasteiger partial charge in [0.25, 0.3) is 0 Å². The van der Waals surface area contributed by atoms with E-state index in [4.69, 9.17) is 0 Å². The number of hydrogen-bond donors (Lipinski definition) is 1. The molecule has 1 nitrogen and oxygen atoms in total. The van der Waals surface area contributed by atoms with E-state index in [1.807, 2.05) is 19.1 Å². The lowest BCUT2D eigenvalue weighted by Crippen LogP contribution is -1.86. The minimum absolute atomic E-state index is 0.388. The van der Waals surface area contributed by atoms with Crippen LogP contribution in [0.25, 0.3) is 0 Å². The van der Waals surface area contributed by atoms with Crippen LogP contribution in [0.2, 0.25) is 0 Å². The molecular formula is C10H14OS. The summed E-state index contributed by atoms with van der Waals surface area (Å²) in [5.74, 6) is 0.388. The largest absolute Gasteiger partial charge is 0.507 e. The molecule has 1 rings (SSSR count). The van der Waals surface area contributed by atoms with E-state index in [-0.39, 0.29) is 0 Å². The fraction of sp³-hybridized carbons (Fsp3) is 0.400. The summed E-state index contributed by atoms with van der Waals surface area (Å²) < 4.78 is 0. The highest BCUT2D eigenvalue weighted by atomic mass is 32.2. The van der Waals surface area contributed by atoms with Crippen LogP contribution in [0.4, 0.5) is 0 Å². The molecule has 0 aliphatic rings. The van der Waals surface area contributed by atoms with Crippen molar-refractivity contribution in [2.45, 2.75) is 30.9 Å². The molecule has 0 aromatic heterocycles. The highest BCUT2D eigenvalue weighted by Gasteiger charge is 2.03. The second kappa shape index (κ2) is 3.85. The number of phenols is 1. The van der Waals surface area contributed by atoms with E-state index >= 15 is 0 Å². The highest BCUT2D eigenvalue weighted by Crippen LogP contribution is 2.31. The van der Waals surface area contributed by atoms with Crippen LogP contribution >= 0.6 is 11.8 Å². The third-order valence-corrected chi connectivity index (χ3v) is 2.53. The molecule has 12 heavy (non-hydrogen) atoms. The van der Waals surface area contributed by atoms with E-state index in [0.29, 0.717) is 11.0 Å². The maximum absolute atomic E-state index is 9.46. The summed E-state index contributed by atoms with van der Waals surface area (Å²) in [6.07, 6.45) is 0. The van der Waals surface area contributed by atoms with Gasteiger partial charge in [-0.15, -0.1) is 11.8 Å². The molecule has 0 fully saturated rings. The number of rotatable bonds is 2. The van der Waals surface area contributed by atoms with E-state index in [0.717, 1.165) is 4.90 Å². The molecule has 1 aromatic rings. The molecule has 0 unspecified atom stereocenters. The first-order chi connectivity index (χ1) is 5.59. The first-order valence-corrected chi connectivity index (χ1v) is 4.94. The smallest absolute Gasteiger partial charge is 0.129 e. The molecule has 0 bridgehead atoms. The van der Waals surface area contributed by atoms with E-state index in [1.165, 1.54) is 5.56 Å². The average Bonchev–Trinajstić information content (AvgIpc) is 1.96. The van der Waals surface area contributed by atoms with Crippen molar-refractivity contribution in [2.75, 3.05) is 0 Å². The zero-order valence-electron chi connectivity index (χ0n) is 7.66. The number of aryl methyl sites for hydroxylation is 1. The van der Waals surface area contributed by atoms with E-state index in [2.05, 4.69) is 13.8 Å². The predicted molar refractivity (Wildman–Crippen MR) is 53.8 cm³/mol. The zero-order chi connectivity index (χ0) is 9.14. The Kier molecular flexibility index (Phi) is 3.04. The van der Waals surface area contributed by atoms with Crippen LogP contribution in [-0.2, 0) is 0 Å². The van der Waals surface area contributed by atoms with Gasteiger partial charge >= 0.3 is 0 Å². The molecule has 0 amide bonds. The molecule has 0 saturated carbocycles. The minimum Gasteiger partial charge on any atom is -0.507 e. The lowest BCUT2D eigenvalue weighted by Gasteiger charge is -2.07. The molecule has 0 spiro atoms. The molecule has 0 atom stereocenters. The van der Waals surface area contributed by atoms with Crippen molar-refractivity contribution in [3.8, 4) is 5.75 Å². The fourth-order valence-electron chi connectivity index (χ4n) is 0.970. The molecule has 0 aliphatic heterocycles. The van der Waals surface area contributed by atoms with Crippen molar-refractivity contribution < 1.29 is 5.11 Å². The average molecular weight is 182 g/mol. The molecular weight excluding hydrogens is 168 g/mol. The molecule has 0 radical (unpaired) electrons. The SMILES string of the molecule is Cc1ccc(O)c(SC(C)C)c1. The second-order valence-electron chi connectivity index (χ2n) is 3.14. The van der Waals surface area contributed by atoms with Crippen molar-refractivity contribution in [1.29, 1.82) is 0 Å². The summed E-state index contributed by atoms with van der Waals surface area (Å²) in [6, 6.07) is 5.68. The Morgan fingerprint density at radius 1 is 1.33 bits per heavy atom. The van der Waals surface area contributed by atoms with E-state index < -0.39 is 0 Å². The summed E-state index contributed by atoms with van der Waals surface area (Å²) in [5.41, 5.74) is 1.19. The standard InChI is InChI=1S/C10H14OS/c1-7(2)12-10-6-8(3)4-5-9(10)11/h4-7,11H,1-3H3.